The van der Waals surface area contributed by atoms with Crippen LogP contribution in [0.15, 0.2) is 0 Å². The van der Waals surface area contributed by atoms with E-state index in [0.29, 0.717) is 25.3 Å². The van der Waals surface area contributed by atoms with Crippen LogP contribution in [0.3, 0.4) is 0 Å². The number of rotatable bonds is 2. The molecule has 1 N–H and O–H groups in total. The molecule has 2 heterocycles. The van der Waals surface area contributed by atoms with Gasteiger partial charge in [-0.15, -0.1) is 0 Å². The summed E-state index contributed by atoms with van der Waals surface area (Å²) >= 11 is 0. The zero-order valence-corrected chi connectivity index (χ0v) is 11.8. The third-order valence-corrected chi connectivity index (χ3v) is 6.80. The van der Waals surface area contributed by atoms with Gasteiger partial charge in [-0.25, -0.2) is 8.42 Å². The molecule has 5 nitrogen and oxygen atoms in total. The van der Waals surface area contributed by atoms with Crippen LogP contribution in [0, 0.1) is 17.8 Å². The largest absolute Gasteiger partial charge is 0.393 e. The summed E-state index contributed by atoms with van der Waals surface area (Å²) in [4.78, 5) is 14.0. The Hall–Kier alpha value is -0.620. The van der Waals surface area contributed by atoms with E-state index in [2.05, 4.69) is 0 Å². The van der Waals surface area contributed by atoms with Crippen LogP contribution >= 0.6 is 0 Å². The van der Waals surface area contributed by atoms with E-state index in [4.69, 9.17) is 0 Å². The number of aliphatic hydroxyl groups excluding tert-OH is 1. The number of nitrogens with zero attached hydrogens (tertiary/aromatic N) is 1. The Balaban J connectivity index is 1.55. The molecule has 0 aromatic carbocycles. The zero-order chi connectivity index (χ0) is 13.6. The van der Waals surface area contributed by atoms with E-state index < -0.39 is 9.84 Å². The van der Waals surface area contributed by atoms with Crippen LogP contribution in [0.2, 0.25) is 0 Å². The van der Waals surface area contributed by atoms with Crippen LogP contribution in [0.5, 0.6) is 0 Å². The number of amides is 1. The Kier molecular flexibility index (Phi) is 3.33. The molecule has 3 aliphatic rings. The molecule has 1 saturated carbocycles. The van der Waals surface area contributed by atoms with E-state index in [-0.39, 0.29) is 35.4 Å². The number of carbonyl (C=O) groups is 1. The van der Waals surface area contributed by atoms with Crippen molar-refractivity contribution in [2.45, 2.75) is 31.8 Å². The highest BCUT2D eigenvalue weighted by atomic mass is 32.2. The molecule has 1 aliphatic carbocycles. The predicted molar refractivity (Wildman–Crippen MR) is 70.2 cm³/mol. The number of hydrogen-bond acceptors (Lipinski definition) is 4. The summed E-state index contributed by atoms with van der Waals surface area (Å²) in [5.74, 6) is 1.17. The van der Waals surface area contributed by atoms with E-state index in [9.17, 15) is 18.3 Å². The van der Waals surface area contributed by atoms with E-state index in [1.54, 1.807) is 0 Å². The fraction of sp³-hybridized carbons (Fsp3) is 0.923. The average molecular weight is 287 g/mol. The SMILES string of the molecule is O=C(CC1CCS(=O)(=O)C1)N1CC2CCC(O)C2C1. The van der Waals surface area contributed by atoms with Crippen molar-refractivity contribution in [3.8, 4) is 0 Å². The average Bonchev–Trinajstić information content (AvgIpc) is 2.96. The summed E-state index contributed by atoms with van der Waals surface area (Å²) in [5.41, 5.74) is 0. The smallest absolute Gasteiger partial charge is 0.222 e. The molecule has 6 heteroatoms. The molecule has 0 aromatic heterocycles. The quantitative estimate of drug-likeness (QED) is 0.778. The first-order valence-electron chi connectivity index (χ1n) is 7.11. The van der Waals surface area contributed by atoms with Gasteiger partial charge in [0.1, 0.15) is 0 Å². The lowest BCUT2D eigenvalue weighted by Gasteiger charge is -2.20. The Bertz CT molecular complexity index is 475. The molecule has 0 bridgehead atoms. The van der Waals surface area contributed by atoms with Gasteiger partial charge >= 0.3 is 0 Å². The van der Waals surface area contributed by atoms with E-state index in [0.717, 1.165) is 19.4 Å². The van der Waals surface area contributed by atoms with Gasteiger partial charge in [-0.2, -0.15) is 0 Å². The number of fused-ring (bicyclic) bond motifs is 1. The van der Waals surface area contributed by atoms with Gasteiger partial charge in [-0.05, 0) is 31.1 Å². The molecule has 0 radical (unpaired) electrons. The molecule has 0 aromatic rings. The minimum Gasteiger partial charge on any atom is -0.393 e. The maximum Gasteiger partial charge on any atom is 0.222 e. The number of hydrogen-bond donors (Lipinski definition) is 1. The second kappa shape index (κ2) is 4.74. The third kappa shape index (κ3) is 2.65. The van der Waals surface area contributed by atoms with Crippen molar-refractivity contribution in [3.63, 3.8) is 0 Å². The Morgan fingerprint density at radius 3 is 2.63 bits per heavy atom. The number of likely N-dealkylation sites (tertiary alicyclic amines) is 1. The van der Waals surface area contributed by atoms with Gasteiger partial charge in [0.05, 0.1) is 17.6 Å². The third-order valence-electron chi connectivity index (χ3n) is 4.96. The van der Waals surface area contributed by atoms with Crippen molar-refractivity contribution in [2.75, 3.05) is 24.6 Å². The second-order valence-electron chi connectivity index (χ2n) is 6.34. The van der Waals surface area contributed by atoms with Gasteiger partial charge in [-0.1, -0.05) is 0 Å². The highest BCUT2D eigenvalue weighted by molar-refractivity contribution is 7.91. The molecule has 0 spiro atoms. The van der Waals surface area contributed by atoms with Crippen molar-refractivity contribution in [1.29, 1.82) is 0 Å². The molecule has 2 saturated heterocycles. The summed E-state index contributed by atoms with van der Waals surface area (Å²) in [6.45, 7) is 1.41. The Morgan fingerprint density at radius 1 is 1.21 bits per heavy atom. The van der Waals surface area contributed by atoms with E-state index in [1.807, 2.05) is 4.90 Å². The summed E-state index contributed by atoms with van der Waals surface area (Å²) in [7, 11) is -2.90. The lowest BCUT2D eigenvalue weighted by atomic mass is 10.00. The van der Waals surface area contributed by atoms with Crippen LogP contribution in [0.25, 0.3) is 0 Å². The lowest BCUT2D eigenvalue weighted by molar-refractivity contribution is -0.131. The molecule has 108 valence electrons. The van der Waals surface area contributed by atoms with Gasteiger partial charge in [0.2, 0.25) is 5.91 Å². The van der Waals surface area contributed by atoms with E-state index >= 15 is 0 Å². The predicted octanol–water partition coefficient (Wildman–Crippen LogP) is 0.0405. The van der Waals surface area contributed by atoms with Gasteiger partial charge in [0.25, 0.3) is 0 Å². The van der Waals surface area contributed by atoms with Crippen molar-refractivity contribution < 1.29 is 18.3 Å². The Morgan fingerprint density at radius 2 is 2.00 bits per heavy atom. The van der Waals surface area contributed by atoms with Crippen molar-refractivity contribution >= 4 is 15.7 Å². The highest BCUT2D eigenvalue weighted by Crippen LogP contribution is 2.38. The van der Waals surface area contributed by atoms with Crippen molar-refractivity contribution in [2.24, 2.45) is 17.8 Å². The topological polar surface area (TPSA) is 74.7 Å². The summed E-state index contributed by atoms with van der Waals surface area (Å²) < 4.78 is 22.8. The maximum absolute atomic E-state index is 12.2. The number of aliphatic hydroxyl groups is 1. The van der Waals surface area contributed by atoms with Crippen LogP contribution < -0.4 is 0 Å². The van der Waals surface area contributed by atoms with Gasteiger partial charge in [0, 0.05) is 25.4 Å². The highest BCUT2D eigenvalue weighted by Gasteiger charge is 2.43. The Labute approximate surface area is 113 Å². The second-order valence-corrected chi connectivity index (χ2v) is 8.57. The van der Waals surface area contributed by atoms with Gasteiger partial charge < -0.3 is 10.0 Å². The first-order chi connectivity index (χ1) is 8.94. The number of carbonyl (C=O) groups excluding carboxylic acids is 1. The zero-order valence-electron chi connectivity index (χ0n) is 11.0. The lowest BCUT2D eigenvalue weighted by Crippen LogP contribution is -2.32. The summed E-state index contributed by atoms with van der Waals surface area (Å²) in [6.07, 6.45) is 2.59. The first kappa shape index (κ1) is 13.4. The maximum atomic E-state index is 12.2. The van der Waals surface area contributed by atoms with Crippen LogP contribution in [-0.4, -0.2) is 55.0 Å². The van der Waals surface area contributed by atoms with Gasteiger partial charge in [0.15, 0.2) is 9.84 Å². The van der Waals surface area contributed by atoms with Crippen LogP contribution in [-0.2, 0) is 14.6 Å². The first-order valence-corrected chi connectivity index (χ1v) is 8.93. The monoisotopic (exact) mass is 287 g/mol. The van der Waals surface area contributed by atoms with Crippen molar-refractivity contribution in [1.82, 2.24) is 4.90 Å². The molecule has 3 rings (SSSR count). The van der Waals surface area contributed by atoms with Crippen LogP contribution in [0.1, 0.15) is 25.7 Å². The summed E-state index contributed by atoms with van der Waals surface area (Å²) in [5, 5.41) is 9.83. The normalized spacial score (nSPS) is 40.6. The molecule has 2 aliphatic heterocycles. The molecule has 4 unspecified atom stereocenters. The molecule has 1 amide bonds. The minimum atomic E-state index is -2.90. The summed E-state index contributed by atoms with van der Waals surface area (Å²) in [6, 6.07) is 0. The van der Waals surface area contributed by atoms with Gasteiger partial charge in [-0.3, -0.25) is 4.79 Å². The number of sulfone groups is 1. The van der Waals surface area contributed by atoms with Crippen molar-refractivity contribution in [3.05, 3.63) is 0 Å². The fourth-order valence-electron chi connectivity index (χ4n) is 3.85. The minimum absolute atomic E-state index is 0.00265. The fourth-order valence-corrected chi connectivity index (χ4v) is 5.71. The molecular formula is C13H21NO4S. The van der Waals surface area contributed by atoms with Crippen LogP contribution in [0.4, 0.5) is 0 Å². The molecule has 4 atom stereocenters. The molecule has 3 fully saturated rings. The van der Waals surface area contributed by atoms with E-state index in [1.165, 1.54) is 0 Å². The molecular weight excluding hydrogens is 266 g/mol. The molecule has 19 heavy (non-hydrogen) atoms. The standard InChI is InChI=1S/C13H21NO4S/c15-12-2-1-10-6-14(7-11(10)12)13(16)5-9-3-4-19(17,18)8-9/h9-12,15H,1-8H2.